The smallest absolute Gasteiger partial charge is 0.387 e. The lowest BCUT2D eigenvalue weighted by Gasteiger charge is -2.14. The number of guanidine groups is 1. The van der Waals surface area contributed by atoms with Gasteiger partial charge in [0.05, 0.1) is 18.1 Å². The van der Waals surface area contributed by atoms with E-state index in [1.54, 1.807) is 0 Å². The summed E-state index contributed by atoms with van der Waals surface area (Å²) >= 11 is 11.9. The Labute approximate surface area is 183 Å². The summed E-state index contributed by atoms with van der Waals surface area (Å²) in [5.41, 5.74) is 0.308. The van der Waals surface area contributed by atoms with Gasteiger partial charge in [-0.25, -0.2) is 4.99 Å². The molecule has 1 aliphatic rings. The van der Waals surface area contributed by atoms with Gasteiger partial charge in [0.1, 0.15) is 5.75 Å². The first kappa shape index (κ1) is 24.0. The quantitative estimate of drug-likeness (QED) is 0.270. The van der Waals surface area contributed by atoms with Crippen LogP contribution in [0.1, 0.15) is 25.3 Å². The van der Waals surface area contributed by atoms with Crippen LogP contribution in [0.4, 0.5) is 8.78 Å². The summed E-state index contributed by atoms with van der Waals surface area (Å²) < 4.78 is 29.7. The van der Waals surface area contributed by atoms with E-state index >= 15 is 0 Å². The van der Waals surface area contributed by atoms with Crippen molar-refractivity contribution in [2.75, 3.05) is 13.1 Å². The maximum Gasteiger partial charge on any atom is 0.387 e. The minimum Gasteiger partial charge on any atom is -0.433 e. The number of rotatable bonds is 8. The lowest BCUT2D eigenvalue weighted by atomic mass is 10.2. The summed E-state index contributed by atoms with van der Waals surface area (Å²) in [6, 6.07) is 3.05. The van der Waals surface area contributed by atoms with Gasteiger partial charge in [-0.1, -0.05) is 23.2 Å². The van der Waals surface area contributed by atoms with E-state index in [-0.39, 0.29) is 64.8 Å². The van der Waals surface area contributed by atoms with Crippen molar-refractivity contribution in [1.29, 1.82) is 0 Å². The van der Waals surface area contributed by atoms with Crippen LogP contribution in [0.2, 0.25) is 10.0 Å². The zero-order valence-corrected chi connectivity index (χ0v) is 18.4. The molecule has 152 valence electrons. The fourth-order valence-corrected chi connectivity index (χ4v) is 2.71. The van der Waals surface area contributed by atoms with E-state index in [0.29, 0.717) is 18.1 Å². The molecule has 1 amide bonds. The monoisotopic (exact) mass is 536 g/mol. The average molecular weight is 537 g/mol. The summed E-state index contributed by atoms with van der Waals surface area (Å²) in [7, 11) is 0. The summed E-state index contributed by atoms with van der Waals surface area (Å²) in [6.07, 6.45) is 2.00. The summed E-state index contributed by atoms with van der Waals surface area (Å²) in [5.74, 6) is 0.0558. The molecule has 0 bridgehead atoms. The van der Waals surface area contributed by atoms with E-state index in [0.717, 1.165) is 12.8 Å². The standard InChI is InChI=1S/C16H20Cl2F2N4O2.HI/c1-2-21-16(23-8-13(25)24-11-3-4-11)22-7-9-5-10(17)6-12(18)14(9)26-15(19)20;/h5-6,11,15H,2-4,7-8H2,1H3,(H,24,25)(H2,21,22,23);1H. The number of nitrogens with zero attached hydrogens (tertiary/aromatic N) is 1. The first-order chi connectivity index (χ1) is 12.4. The number of aliphatic imine (C=N–C) groups is 1. The van der Waals surface area contributed by atoms with E-state index in [9.17, 15) is 13.6 Å². The fourth-order valence-electron chi connectivity index (χ4n) is 2.13. The molecule has 2 rings (SSSR count). The normalized spacial score (nSPS) is 13.8. The molecule has 27 heavy (non-hydrogen) atoms. The molecule has 1 aromatic rings. The molecule has 0 aliphatic heterocycles. The van der Waals surface area contributed by atoms with Gasteiger partial charge in [-0.05, 0) is 31.9 Å². The van der Waals surface area contributed by atoms with E-state index in [4.69, 9.17) is 23.2 Å². The van der Waals surface area contributed by atoms with E-state index in [1.165, 1.54) is 12.1 Å². The van der Waals surface area contributed by atoms with Crippen LogP contribution in [0.15, 0.2) is 17.1 Å². The third kappa shape index (κ3) is 8.65. The highest BCUT2D eigenvalue weighted by Crippen LogP contribution is 2.34. The molecule has 1 aromatic carbocycles. The minimum atomic E-state index is -3.02. The van der Waals surface area contributed by atoms with Crippen LogP contribution in [0.25, 0.3) is 0 Å². The van der Waals surface area contributed by atoms with Crippen LogP contribution >= 0.6 is 47.2 Å². The molecule has 1 saturated carbocycles. The molecule has 0 atom stereocenters. The van der Waals surface area contributed by atoms with Crippen molar-refractivity contribution >= 4 is 59.0 Å². The first-order valence-electron chi connectivity index (χ1n) is 8.13. The molecule has 11 heteroatoms. The predicted octanol–water partition coefficient (Wildman–Crippen LogP) is 3.55. The van der Waals surface area contributed by atoms with Gasteiger partial charge in [-0.15, -0.1) is 24.0 Å². The van der Waals surface area contributed by atoms with Gasteiger partial charge in [0.2, 0.25) is 5.91 Å². The SMILES string of the molecule is CCNC(=NCc1cc(Cl)cc(Cl)c1OC(F)F)NCC(=O)NC1CC1.I. The molecule has 0 radical (unpaired) electrons. The Balaban J connectivity index is 0.00000364. The zero-order valence-electron chi connectivity index (χ0n) is 14.5. The van der Waals surface area contributed by atoms with Gasteiger partial charge in [0.15, 0.2) is 5.96 Å². The highest BCUT2D eigenvalue weighted by atomic mass is 127. The third-order valence-electron chi connectivity index (χ3n) is 3.40. The summed E-state index contributed by atoms with van der Waals surface area (Å²) in [4.78, 5) is 16.0. The lowest BCUT2D eigenvalue weighted by Crippen LogP contribution is -2.43. The molecule has 1 fully saturated rings. The fraction of sp³-hybridized carbons (Fsp3) is 0.500. The van der Waals surface area contributed by atoms with Crippen molar-refractivity contribution in [3.8, 4) is 5.75 Å². The first-order valence-corrected chi connectivity index (χ1v) is 8.89. The van der Waals surface area contributed by atoms with Crippen molar-refractivity contribution in [3.05, 3.63) is 27.7 Å². The minimum absolute atomic E-state index is 0. The number of amides is 1. The molecule has 0 aromatic heterocycles. The van der Waals surface area contributed by atoms with Crippen molar-refractivity contribution in [2.24, 2.45) is 4.99 Å². The molecular weight excluding hydrogens is 516 g/mol. The third-order valence-corrected chi connectivity index (χ3v) is 3.90. The van der Waals surface area contributed by atoms with E-state index in [1.807, 2.05) is 6.92 Å². The number of ether oxygens (including phenoxy) is 1. The molecule has 0 heterocycles. The Bertz CT molecular complexity index is 676. The van der Waals surface area contributed by atoms with E-state index < -0.39 is 6.61 Å². The molecule has 0 unspecified atom stereocenters. The number of alkyl halides is 2. The van der Waals surface area contributed by atoms with E-state index in [2.05, 4.69) is 25.7 Å². The van der Waals surface area contributed by atoms with Crippen LogP contribution in [-0.4, -0.2) is 37.6 Å². The highest BCUT2D eigenvalue weighted by Gasteiger charge is 2.23. The highest BCUT2D eigenvalue weighted by molar-refractivity contribution is 14.0. The van der Waals surface area contributed by atoms with Gasteiger partial charge in [-0.2, -0.15) is 8.78 Å². The Morgan fingerprint density at radius 2 is 2.04 bits per heavy atom. The van der Waals surface area contributed by atoms with Crippen molar-refractivity contribution < 1.29 is 18.3 Å². The van der Waals surface area contributed by atoms with Crippen LogP contribution < -0.4 is 20.7 Å². The maximum absolute atomic E-state index is 12.6. The van der Waals surface area contributed by atoms with Crippen LogP contribution in [-0.2, 0) is 11.3 Å². The molecule has 0 saturated heterocycles. The van der Waals surface area contributed by atoms with Gasteiger partial charge in [0, 0.05) is 23.2 Å². The Kier molecular flexibility index (Phi) is 10.4. The Hall–Kier alpha value is -1.07. The Morgan fingerprint density at radius 1 is 1.33 bits per heavy atom. The van der Waals surface area contributed by atoms with Crippen LogP contribution in [0, 0.1) is 0 Å². The predicted molar refractivity (Wildman–Crippen MR) is 112 cm³/mol. The summed E-state index contributed by atoms with van der Waals surface area (Å²) in [6.45, 7) is -0.551. The van der Waals surface area contributed by atoms with Crippen molar-refractivity contribution in [1.82, 2.24) is 16.0 Å². The zero-order chi connectivity index (χ0) is 19.1. The molecule has 6 nitrogen and oxygen atoms in total. The molecule has 1 aliphatic carbocycles. The van der Waals surface area contributed by atoms with Crippen molar-refractivity contribution in [2.45, 2.75) is 39.0 Å². The number of hydrogen-bond acceptors (Lipinski definition) is 3. The second-order valence-corrected chi connectivity index (χ2v) is 6.49. The van der Waals surface area contributed by atoms with Gasteiger partial charge < -0.3 is 20.7 Å². The number of hydrogen-bond donors (Lipinski definition) is 3. The molecule has 0 spiro atoms. The lowest BCUT2D eigenvalue weighted by molar-refractivity contribution is -0.120. The average Bonchev–Trinajstić information content (AvgIpc) is 3.36. The second-order valence-electron chi connectivity index (χ2n) is 5.64. The molecule has 3 N–H and O–H groups in total. The number of nitrogens with one attached hydrogen (secondary N) is 3. The summed E-state index contributed by atoms with van der Waals surface area (Å²) in [5, 5.41) is 8.96. The second kappa shape index (κ2) is 11.7. The topological polar surface area (TPSA) is 74.8 Å². The van der Waals surface area contributed by atoms with Crippen LogP contribution in [0.5, 0.6) is 5.75 Å². The number of carbonyl (C=O) groups is 1. The van der Waals surface area contributed by atoms with Gasteiger partial charge >= 0.3 is 6.61 Å². The number of carbonyl (C=O) groups excluding carboxylic acids is 1. The number of benzene rings is 1. The molecular formula is C16H21Cl2F2IN4O2. The van der Waals surface area contributed by atoms with Gasteiger partial charge in [0.25, 0.3) is 0 Å². The largest absolute Gasteiger partial charge is 0.433 e. The van der Waals surface area contributed by atoms with Crippen molar-refractivity contribution in [3.63, 3.8) is 0 Å². The van der Waals surface area contributed by atoms with Gasteiger partial charge in [-0.3, -0.25) is 4.79 Å². The maximum atomic E-state index is 12.6. The number of halogens is 5. The van der Waals surface area contributed by atoms with Crippen LogP contribution in [0.3, 0.4) is 0 Å². The Morgan fingerprint density at radius 3 is 2.63 bits per heavy atom.